The molecule has 2 atom stereocenters. The Morgan fingerprint density at radius 1 is 1.26 bits per heavy atom. The van der Waals surface area contributed by atoms with Gasteiger partial charge >= 0.3 is 6.18 Å². The molecule has 0 unspecified atom stereocenters. The zero-order valence-electron chi connectivity index (χ0n) is 13.5. The van der Waals surface area contributed by atoms with Crippen LogP contribution in [0.5, 0.6) is 0 Å². The molecule has 5 nitrogen and oxygen atoms in total. The minimum absolute atomic E-state index is 0.0136. The Kier molecular flexibility index (Phi) is 7.31. The van der Waals surface area contributed by atoms with E-state index in [0.29, 0.717) is 32.4 Å². The van der Waals surface area contributed by atoms with Crippen molar-refractivity contribution in [2.24, 2.45) is 5.92 Å². The van der Waals surface area contributed by atoms with Crippen molar-refractivity contribution in [2.75, 3.05) is 13.1 Å². The standard InChI is InChI=1S/C15H25F3N2O3/c1-3-5-12(21)20-8-6-10(7-9-20)14(23)19-11(4-2)13(22)15(16,17)18/h10-11,13,22H,3-9H2,1-2H3,(H,19,23)/t11-,13-/m0/s1. The second-order valence-corrected chi connectivity index (χ2v) is 5.91. The van der Waals surface area contributed by atoms with Crippen LogP contribution < -0.4 is 5.32 Å². The van der Waals surface area contributed by atoms with Gasteiger partial charge in [-0.05, 0) is 25.7 Å². The number of hydrogen-bond donors (Lipinski definition) is 2. The molecule has 0 bridgehead atoms. The van der Waals surface area contributed by atoms with Gasteiger partial charge in [-0.1, -0.05) is 13.8 Å². The second-order valence-electron chi connectivity index (χ2n) is 5.91. The molecule has 23 heavy (non-hydrogen) atoms. The van der Waals surface area contributed by atoms with Crippen LogP contribution in [0.1, 0.15) is 46.0 Å². The molecule has 134 valence electrons. The molecular weight excluding hydrogens is 313 g/mol. The highest BCUT2D eigenvalue weighted by atomic mass is 19.4. The van der Waals surface area contributed by atoms with E-state index in [4.69, 9.17) is 0 Å². The molecule has 2 amide bonds. The van der Waals surface area contributed by atoms with Gasteiger partial charge in [-0.15, -0.1) is 0 Å². The first kappa shape index (κ1) is 19.7. The molecule has 0 aromatic rings. The van der Waals surface area contributed by atoms with E-state index in [0.717, 1.165) is 6.42 Å². The average molecular weight is 338 g/mol. The maximum absolute atomic E-state index is 12.5. The number of halogens is 3. The van der Waals surface area contributed by atoms with Gasteiger partial charge in [0.25, 0.3) is 0 Å². The Balaban J connectivity index is 2.51. The zero-order valence-corrected chi connectivity index (χ0v) is 13.5. The number of piperidine rings is 1. The van der Waals surface area contributed by atoms with Gasteiger partial charge in [0, 0.05) is 25.4 Å². The molecule has 0 saturated carbocycles. The largest absolute Gasteiger partial charge is 0.416 e. The summed E-state index contributed by atoms with van der Waals surface area (Å²) in [5, 5.41) is 11.6. The summed E-state index contributed by atoms with van der Waals surface area (Å²) in [5.41, 5.74) is 0. The van der Waals surface area contributed by atoms with Crippen molar-refractivity contribution >= 4 is 11.8 Å². The Bertz CT molecular complexity index is 407. The first-order chi connectivity index (χ1) is 10.7. The lowest BCUT2D eigenvalue weighted by Crippen LogP contribution is -2.52. The maximum atomic E-state index is 12.5. The first-order valence-corrected chi connectivity index (χ1v) is 8.03. The number of hydrogen-bond acceptors (Lipinski definition) is 3. The Morgan fingerprint density at radius 3 is 2.26 bits per heavy atom. The lowest BCUT2D eigenvalue weighted by Gasteiger charge is -2.33. The van der Waals surface area contributed by atoms with Crippen LogP contribution in [0.4, 0.5) is 13.2 Å². The summed E-state index contributed by atoms with van der Waals surface area (Å²) in [6, 6.07) is -1.35. The van der Waals surface area contributed by atoms with E-state index in [1.807, 2.05) is 6.92 Å². The lowest BCUT2D eigenvalue weighted by molar-refractivity contribution is -0.212. The van der Waals surface area contributed by atoms with Crippen molar-refractivity contribution in [1.29, 1.82) is 0 Å². The van der Waals surface area contributed by atoms with Gasteiger partial charge in [-0.3, -0.25) is 9.59 Å². The third kappa shape index (κ3) is 5.67. The molecule has 2 N–H and O–H groups in total. The van der Waals surface area contributed by atoms with Gasteiger partial charge in [-0.2, -0.15) is 13.2 Å². The summed E-state index contributed by atoms with van der Waals surface area (Å²) in [4.78, 5) is 25.6. The molecule has 1 aliphatic heterocycles. The molecule has 0 radical (unpaired) electrons. The van der Waals surface area contributed by atoms with E-state index in [-0.39, 0.29) is 12.3 Å². The first-order valence-electron chi connectivity index (χ1n) is 8.03. The molecule has 0 aromatic heterocycles. The molecule has 1 saturated heterocycles. The molecule has 1 fully saturated rings. The molecule has 1 aliphatic rings. The van der Waals surface area contributed by atoms with Gasteiger partial charge < -0.3 is 15.3 Å². The van der Waals surface area contributed by atoms with Crippen molar-refractivity contribution in [2.45, 2.75) is 64.3 Å². The number of aliphatic hydroxyl groups is 1. The fourth-order valence-electron chi connectivity index (χ4n) is 2.70. The zero-order chi connectivity index (χ0) is 17.6. The maximum Gasteiger partial charge on any atom is 0.416 e. The number of amides is 2. The van der Waals surface area contributed by atoms with Crippen molar-refractivity contribution in [3.8, 4) is 0 Å². The highest BCUT2D eigenvalue weighted by molar-refractivity contribution is 5.80. The number of likely N-dealkylation sites (tertiary alicyclic amines) is 1. The number of rotatable bonds is 6. The van der Waals surface area contributed by atoms with E-state index in [1.54, 1.807) is 4.90 Å². The third-order valence-electron chi connectivity index (χ3n) is 4.17. The van der Waals surface area contributed by atoms with Crippen molar-refractivity contribution in [1.82, 2.24) is 10.2 Å². The van der Waals surface area contributed by atoms with Gasteiger partial charge in [0.2, 0.25) is 11.8 Å². The summed E-state index contributed by atoms with van der Waals surface area (Å²) in [6.45, 7) is 4.27. The minimum Gasteiger partial charge on any atom is -0.382 e. The van der Waals surface area contributed by atoms with Crippen molar-refractivity contribution in [3.05, 3.63) is 0 Å². The smallest absolute Gasteiger partial charge is 0.382 e. The molecule has 1 heterocycles. The van der Waals surface area contributed by atoms with Gasteiger partial charge in [0.1, 0.15) is 0 Å². The van der Waals surface area contributed by atoms with Crippen LogP contribution in [0, 0.1) is 5.92 Å². The minimum atomic E-state index is -4.76. The summed E-state index contributed by atoms with van der Waals surface area (Å²) >= 11 is 0. The molecule has 1 rings (SSSR count). The van der Waals surface area contributed by atoms with Gasteiger partial charge in [0.15, 0.2) is 6.10 Å². The van der Waals surface area contributed by atoms with Crippen LogP contribution in [0.2, 0.25) is 0 Å². The van der Waals surface area contributed by atoms with Crippen LogP contribution >= 0.6 is 0 Å². The van der Waals surface area contributed by atoms with E-state index < -0.39 is 30.1 Å². The Morgan fingerprint density at radius 2 is 1.83 bits per heavy atom. The predicted molar refractivity (Wildman–Crippen MR) is 78.5 cm³/mol. The third-order valence-corrected chi connectivity index (χ3v) is 4.17. The summed E-state index contributed by atoms with van der Waals surface area (Å²) in [5.74, 6) is -0.858. The Labute approximate surface area is 134 Å². The van der Waals surface area contributed by atoms with Crippen LogP contribution in [-0.4, -0.2) is 53.2 Å². The summed E-state index contributed by atoms with van der Waals surface area (Å²) < 4.78 is 37.6. The quantitative estimate of drug-likeness (QED) is 0.776. The van der Waals surface area contributed by atoms with Crippen LogP contribution in [0.15, 0.2) is 0 Å². The van der Waals surface area contributed by atoms with Crippen LogP contribution in [0.25, 0.3) is 0 Å². The van der Waals surface area contributed by atoms with Gasteiger partial charge in [0.05, 0.1) is 6.04 Å². The molecular formula is C15H25F3N2O3. The Hall–Kier alpha value is -1.31. The number of carbonyl (C=O) groups is 2. The van der Waals surface area contributed by atoms with E-state index in [1.165, 1.54) is 6.92 Å². The molecule has 0 spiro atoms. The average Bonchev–Trinajstić information content (AvgIpc) is 2.51. The normalized spacial score (nSPS) is 19.3. The number of nitrogens with one attached hydrogen (secondary N) is 1. The molecule has 0 aromatic carbocycles. The van der Waals surface area contributed by atoms with Crippen molar-refractivity contribution in [3.63, 3.8) is 0 Å². The SMILES string of the molecule is CCCC(=O)N1CCC(C(=O)N[C@@H](CC)[C@H](O)C(F)(F)F)CC1. The number of carbonyl (C=O) groups excluding carboxylic acids is 2. The van der Waals surface area contributed by atoms with E-state index in [2.05, 4.69) is 5.32 Å². The van der Waals surface area contributed by atoms with Crippen molar-refractivity contribution < 1.29 is 27.9 Å². The highest BCUT2D eigenvalue weighted by Gasteiger charge is 2.44. The van der Waals surface area contributed by atoms with Crippen LogP contribution in [-0.2, 0) is 9.59 Å². The predicted octanol–water partition coefficient (Wildman–Crippen LogP) is 1.84. The van der Waals surface area contributed by atoms with Gasteiger partial charge in [-0.25, -0.2) is 0 Å². The monoisotopic (exact) mass is 338 g/mol. The summed E-state index contributed by atoms with van der Waals surface area (Å²) in [6.07, 6.45) is -5.26. The molecule has 8 heteroatoms. The number of alkyl halides is 3. The van der Waals surface area contributed by atoms with E-state index in [9.17, 15) is 27.9 Å². The van der Waals surface area contributed by atoms with E-state index >= 15 is 0 Å². The molecule has 0 aliphatic carbocycles. The second kappa shape index (κ2) is 8.52. The highest BCUT2D eigenvalue weighted by Crippen LogP contribution is 2.25. The fraction of sp³-hybridized carbons (Fsp3) is 0.867. The number of aliphatic hydroxyl groups excluding tert-OH is 1. The lowest BCUT2D eigenvalue weighted by atomic mass is 9.94. The number of nitrogens with zero attached hydrogens (tertiary/aromatic N) is 1. The topological polar surface area (TPSA) is 69.6 Å². The van der Waals surface area contributed by atoms with Crippen LogP contribution in [0.3, 0.4) is 0 Å². The fourth-order valence-corrected chi connectivity index (χ4v) is 2.70. The summed E-state index contributed by atoms with van der Waals surface area (Å²) in [7, 11) is 0.